The third kappa shape index (κ3) is 4.68. The maximum absolute atomic E-state index is 11.9. The zero-order chi connectivity index (χ0) is 14.5. The number of halogens is 1. The molecule has 1 heterocycles. The molecule has 0 bridgehead atoms. The van der Waals surface area contributed by atoms with E-state index in [1.165, 1.54) is 6.07 Å². The van der Waals surface area contributed by atoms with Gasteiger partial charge < -0.3 is 0 Å². The fourth-order valence-electron chi connectivity index (χ4n) is 1.92. The molecule has 0 saturated carbocycles. The molecular weight excluding hydrogens is 262 g/mol. The van der Waals surface area contributed by atoms with E-state index in [0.717, 1.165) is 25.1 Å². The molecule has 0 aliphatic carbocycles. The summed E-state index contributed by atoms with van der Waals surface area (Å²) in [6.45, 7) is 6.45. The van der Waals surface area contributed by atoms with Gasteiger partial charge in [0.25, 0.3) is 5.56 Å². The Kier molecular flexibility index (Phi) is 5.56. The quantitative estimate of drug-likeness (QED) is 0.594. The van der Waals surface area contributed by atoms with Gasteiger partial charge in [-0.25, -0.2) is 4.98 Å². The van der Waals surface area contributed by atoms with Crippen LogP contribution in [0.2, 0.25) is 5.15 Å². The van der Waals surface area contributed by atoms with Crippen LogP contribution in [0.5, 0.6) is 0 Å². The van der Waals surface area contributed by atoms with Crippen LogP contribution in [0.1, 0.15) is 45.9 Å². The number of hydrogen-bond acceptors (Lipinski definition) is 3. The predicted octanol–water partition coefficient (Wildman–Crippen LogP) is 3.18. The summed E-state index contributed by atoms with van der Waals surface area (Å²) in [6, 6.07) is 3.63. The summed E-state index contributed by atoms with van der Waals surface area (Å²) in [5, 5.41) is 9.19. The second-order valence-electron chi connectivity index (χ2n) is 5.29. The van der Waals surface area contributed by atoms with E-state index in [0.29, 0.717) is 13.0 Å². The van der Waals surface area contributed by atoms with Gasteiger partial charge in [0.2, 0.25) is 0 Å². The summed E-state index contributed by atoms with van der Waals surface area (Å²) in [7, 11) is 0. The average Bonchev–Trinajstić information content (AvgIpc) is 2.35. The lowest BCUT2D eigenvalue weighted by Crippen LogP contribution is -2.24. The zero-order valence-corrected chi connectivity index (χ0v) is 12.5. The summed E-state index contributed by atoms with van der Waals surface area (Å²) in [6.07, 6.45) is 3.29. The van der Waals surface area contributed by atoms with Gasteiger partial charge in [0.05, 0.1) is 11.5 Å². The van der Waals surface area contributed by atoms with Crippen LogP contribution >= 0.6 is 11.6 Å². The van der Waals surface area contributed by atoms with Gasteiger partial charge in [0.1, 0.15) is 11.0 Å². The molecule has 0 aromatic carbocycles. The summed E-state index contributed by atoms with van der Waals surface area (Å²) in [5.41, 5.74) is -0.395. The monoisotopic (exact) mass is 281 g/mol. The molecule has 104 valence electrons. The summed E-state index contributed by atoms with van der Waals surface area (Å²) in [5.74, 6) is 0.719. The SMILES string of the molecule is CCc1nc(Cl)cc(=O)n1CCCCC(C)(C)C#N. The number of unbranched alkanes of at least 4 members (excludes halogenated alkanes) is 1. The minimum Gasteiger partial charge on any atom is -0.297 e. The van der Waals surface area contributed by atoms with Gasteiger partial charge in [-0.3, -0.25) is 9.36 Å². The van der Waals surface area contributed by atoms with Crippen LogP contribution in [0.25, 0.3) is 0 Å². The minimum atomic E-state index is -0.295. The van der Waals surface area contributed by atoms with E-state index in [2.05, 4.69) is 11.1 Å². The molecule has 1 aromatic heterocycles. The van der Waals surface area contributed by atoms with Gasteiger partial charge >= 0.3 is 0 Å². The summed E-state index contributed by atoms with van der Waals surface area (Å²) < 4.78 is 1.67. The van der Waals surface area contributed by atoms with E-state index >= 15 is 0 Å². The Labute approximate surface area is 119 Å². The molecule has 1 rings (SSSR count). The van der Waals surface area contributed by atoms with Gasteiger partial charge in [-0.05, 0) is 26.7 Å². The van der Waals surface area contributed by atoms with Crippen molar-refractivity contribution in [1.29, 1.82) is 5.26 Å². The number of rotatable bonds is 6. The molecule has 1 aromatic rings. The molecule has 5 heteroatoms. The second kappa shape index (κ2) is 6.72. The van der Waals surface area contributed by atoms with Gasteiger partial charge in [0, 0.05) is 19.0 Å². The maximum atomic E-state index is 11.9. The highest BCUT2D eigenvalue weighted by molar-refractivity contribution is 6.29. The van der Waals surface area contributed by atoms with Crippen molar-refractivity contribution in [2.24, 2.45) is 5.41 Å². The highest BCUT2D eigenvalue weighted by atomic mass is 35.5. The molecule has 0 unspecified atom stereocenters. The first kappa shape index (κ1) is 15.7. The van der Waals surface area contributed by atoms with Crippen LogP contribution < -0.4 is 5.56 Å². The Morgan fingerprint density at radius 2 is 2.16 bits per heavy atom. The van der Waals surface area contributed by atoms with Crippen LogP contribution in [0.3, 0.4) is 0 Å². The van der Waals surface area contributed by atoms with Crippen molar-refractivity contribution in [3.63, 3.8) is 0 Å². The van der Waals surface area contributed by atoms with E-state index < -0.39 is 0 Å². The molecule has 0 spiro atoms. The van der Waals surface area contributed by atoms with Crippen molar-refractivity contribution in [3.05, 3.63) is 27.4 Å². The Morgan fingerprint density at radius 1 is 1.47 bits per heavy atom. The molecule has 0 fully saturated rings. The van der Waals surface area contributed by atoms with Crippen LogP contribution in [0.4, 0.5) is 0 Å². The van der Waals surface area contributed by atoms with E-state index in [-0.39, 0.29) is 16.1 Å². The van der Waals surface area contributed by atoms with Crippen LogP contribution in [0, 0.1) is 16.7 Å². The zero-order valence-electron chi connectivity index (χ0n) is 11.7. The van der Waals surface area contributed by atoms with E-state index in [4.69, 9.17) is 16.9 Å². The van der Waals surface area contributed by atoms with Crippen molar-refractivity contribution in [2.45, 2.75) is 53.0 Å². The van der Waals surface area contributed by atoms with Gasteiger partial charge in [-0.2, -0.15) is 5.26 Å². The first-order valence-corrected chi connectivity index (χ1v) is 6.95. The van der Waals surface area contributed by atoms with E-state index in [1.807, 2.05) is 20.8 Å². The number of nitriles is 1. The minimum absolute atomic E-state index is 0.101. The fourth-order valence-corrected chi connectivity index (χ4v) is 2.12. The van der Waals surface area contributed by atoms with E-state index in [1.54, 1.807) is 4.57 Å². The average molecular weight is 282 g/mol. The van der Waals surface area contributed by atoms with Crippen LogP contribution in [-0.4, -0.2) is 9.55 Å². The number of nitrogens with zero attached hydrogens (tertiary/aromatic N) is 3. The molecule has 0 N–H and O–H groups in total. The number of aryl methyl sites for hydroxylation is 1. The first-order chi connectivity index (χ1) is 8.89. The first-order valence-electron chi connectivity index (χ1n) is 6.57. The lowest BCUT2D eigenvalue weighted by atomic mass is 9.89. The van der Waals surface area contributed by atoms with Crippen molar-refractivity contribution in [1.82, 2.24) is 9.55 Å². The van der Waals surface area contributed by atoms with Crippen molar-refractivity contribution < 1.29 is 0 Å². The Balaban J connectivity index is 2.64. The van der Waals surface area contributed by atoms with E-state index in [9.17, 15) is 4.79 Å². The summed E-state index contributed by atoms with van der Waals surface area (Å²) >= 11 is 5.78. The van der Waals surface area contributed by atoms with Crippen molar-refractivity contribution >= 4 is 11.6 Å². The smallest absolute Gasteiger partial charge is 0.254 e. The standard InChI is InChI=1S/C14H20ClN3O/c1-4-12-17-11(15)9-13(19)18(12)8-6-5-7-14(2,3)10-16/h9H,4-8H2,1-3H3. The third-order valence-electron chi connectivity index (χ3n) is 3.11. The van der Waals surface area contributed by atoms with Crippen molar-refractivity contribution in [3.8, 4) is 6.07 Å². The highest BCUT2D eigenvalue weighted by Crippen LogP contribution is 2.21. The maximum Gasteiger partial charge on any atom is 0.254 e. The molecule has 0 aliphatic rings. The van der Waals surface area contributed by atoms with Gasteiger partial charge in [-0.15, -0.1) is 0 Å². The third-order valence-corrected chi connectivity index (χ3v) is 3.30. The largest absolute Gasteiger partial charge is 0.297 e. The topological polar surface area (TPSA) is 58.7 Å². The molecule has 0 radical (unpaired) electrons. The predicted molar refractivity (Wildman–Crippen MR) is 76.1 cm³/mol. The fraction of sp³-hybridized carbons (Fsp3) is 0.643. The highest BCUT2D eigenvalue weighted by Gasteiger charge is 2.15. The van der Waals surface area contributed by atoms with Crippen LogP contribution in [-0.2, 0) is 13.0 Å². The number of hydrogen-bond donors (Lipinski definition) is 0. The second-order valence-corrected chi connectivity index (χ2v) is 5.68. The molecule has 0 aliphatic heterocycles. The Morgan fingerprint density at radius 3 is 2.74 bits per heavy atom. The Hall–Kier alpha value is -1.34. The molecular formula is C14H20ClN3O. The van der Waals surface area contributed by atoms with Gasteiger partial charge in [0.15, 0.2) is 0 Å². The molecule has 0 atom stereocenters. The number of aromatic nitrogens is 2. The Bertz CT molecular complexity index is 528. The normalized spacial score (nSPS) is 11.3. The molecule has 19 heavy (non-hydrogen) atoms. The molecule has 0 saturated heterocycles. The summed E-state index contributed by atoms with van der Waals surface area (Å²) in [4.78, 5) is 16.0. The lowest BCUT2D eigenvalue weighted by molar-refractivity contribution is 0.413. The van der Waals surface area contributed by atoms with Gasteiger partial charge in [-0.1, -0.05) is 24.9 Å². The lowest BCUT2D eigenvalue weighted by Gasteiger charge is -2.15. The molecule has 4 nitrogen and oxygen atoms in total. The van der Waals surface area contributed by atoms with Crippen molar-refractivity contribution in [2.75, 3.05) is 0 Å². The van der Waals surface area contributed by atoms with Crippen LogP contribution in [0.15, 0.2) is 10.9 Å². The molecule has 0 amide bonds.